The van der Waals surface area contributed by atoms with Gasteiger partial charge >= 0.3 is 6.09 Å². The fraction of sp³-hybridized carbons (Fsp3) is 0.286. The molecule has 118 valence electrons. The van der Waals surface area contributed by atoms with E-state index >= 15 is 0 Å². The molecule has 0 bridgehead atoms. The van der Waals surface area contributed by atoms with E-state index < -0.39 is 11.7 Å². The molecule has 0 spiro atoms. The summed E-state index contributed by atoms with van der Waals surface area (Å²) in [7, 11) is 0. The van der Waals surface area contributed by atoms with Gasteiger partial charge in [0.2, 0.25) is 5.88 Å². The first kappa shape index (κ1) is 16.4. The Labute approximate surface area is 137 Å². The fourth-order valence-corrected chi connectivity index (χ4v) is 2.37. The van der Waals surface area contributed by atoms with Crippen LogP contribution in [0, 0.1) is 0 Å². The van der Waals surface area contributed by atoms with E-state index in [1.165, 1.54) is 16.7 Å². The predicted molar refractivity (Wildman–Crippen MR) is 88.4 cm³/mol. The number of amides is 1. The van der Waals surface area contributed by atoms with Crippen molar-refractivity contribution in [1.29, 1.82) is 0 Å². The number of halogens is 1. The summed E-state index contributed by atoms with van der Waals surface area (Å²) in [6.07, 6.45) is -0.547. The molecule has 0 unspecified atom stereocenters. The molecule has 1 aromatic carbocycles. The minimum atomic E-state index is -0.567. The molecule has 0 atom stereocenters. The van der Waals surface area contributed by atoms with Gasteiger partial charge in [-0.25, -0.2) is 4.79 Å². The van der Waals surface area contributed by atoms with Crippen molar-refractivity contribution < 1.29 is 14.6 Å². The quantitative estimate of drug-likeness (QED) is 0.760. The van der Waals surface area contributed by atoms with E-state index in [9.17, 15) is 9.90 Å². The topological polar surface area (TPSA) is 83.5 Å². The summed E-state index contributed by atoms with van der Waals surface area (Å²) in [5, 5.41) is 17.2. The van der Waals surface area contributed by atoms with Crippen LogP contribution in [0.1, 0.15) is 20.8 Å². The summed E-state index contributed by atoms with van der Waals surface area (Å²) in [6.45, 7) is 5.36. The van der Waals surface area contributed by atoms with Crippen LogP contribution in [0.5, 0.6) is 5.88 Å². The van der Waals surface area contributed by atoms with E-state index in [1.807, 2.05) is 0 Å². The van der Waals surface area contributed by atoms with E-state index in [-0.39, 0.29) is 5.88 Å². The number of benzene rings is 1. The SMILES string of the molecule is CC(C)(C)OC(=O)Nc1ccc(Nc2nc(O)cs2)c(Cl)c1. The minimum Gasteiger partial charge on any atom is -0.493 e. The first-order valence-electron chi connectivity index (χ1n) is 6.44. The number of aromatic hydroxyl groups is 1. The molecule has 0 fully saturated rings. The van der Waals surface area contributed by atoms with Gasteiger partial charge in [0.1, 0.15) is 5.60 Å². The Morgan fingerprint density at radius 1 is 1.41 bits per heavy atom. The average molecular weight is 342 g/mol. The molecule has 0 saturated carbocycles. The molecule has 8 heteroatoms. The third-order valence-corrected chi connectivity index (χ3v) is 3.41. The molecule has 1 aromatic heterocycles. The Balaban J connectivity index is 2.04. The molecule has 0 saturated heterocycles. The van der Waals surface area contributed by atoms with Crippen molar-refractivity contribution in [2.45, 2.75) is 26.4 Å². The summed E-state index contributed by atoms with van der Waals surface area (Å²) < 4.78 is 5.17. The van der Waals surface area contributed by atoms with Crippen LogP contribution in [-0.4, -0.2) is 21.8 Å². The van der Waals surface area contributed by atoms with E-state index in [0.717, 1.165) is 0 Å². The molecule has 3 N–H and O–H groups in total. The molecule has 2 rings (SSSR count). The Bertz CT molecular complexity index is 682. The molecule has 1 heterocycles. The maximum absolute atomic E-state index is 11.7. The van der Waals surface area contributed by atoms with E-state index in [1.54, 1.807) is 39.0 Å². The number of hydrogen-bond donors (Lipinski definition) is 3. The molecule has 0 radical (unpaired) electrons. The average Bonchev–Trinajstić information content (AvgIpc) is 2.76. The zero-order chi connectivity index (χ0) is 16.3. The van der Waals surface area contributed by atoms with Crippen molar-refractivity contribution in [1.82, 2.24) is 4.98 Å². The second-order valence-electron chi connectivity index (χ2n) is 5.46. The monoisotopic (exact) mass is 341 g/mol. The van der Waals surface area contributed by atoms with E-state index in [0.29, 0.717) is 21.5 Å². The van der Waals surface area contributed by atoms with Crippen LogP contribution in [-0.2, 0) is 4.74 Å². The van der Waals surface area contributed by atoms with Gasteiger partial charge in [-0.15, -0.1) is 11.3 Å². The van der Waals surface area contributed by atoms with E-state index in [4.69, 9.17) is 16.3 Å². The van der Waals surface area contributed by atoms with Gasteiger partial charge in [-0.3, -0.25) is 5.32 Å². The lowest BCUT2D eigenvalue weighted by Crippen LogP contribution is -2.27. The third kappa shape index (κ3) is 4.78. The van der Waals surface area contributed by atoms with Crippen molar-refractivity contribution in [3.8, 4) is 5.88 Å². The van der Waals surface area contributed by atoms with Crippen molar-refractivity contribution in [3.63, 3.8) is 0 Å². The van der Waals surface area contributed by atoms with Gasteiger partial charge in [-0.05, 0) is 39.0 Å². The normalized spacial score (nSPS) is 11.1. The van der Waals surface area contributed by atoms with Gasteiger partial charge in [0, 0.05) is 5.69 Å². The molecular weight excluding hydrogens is 326 g/mol. The molecule has 0 aliphatic heterocycles. The maximum Gasteiger partial charge on any atom is 0.412 e. The lowest BCUT2D eigenvalue weighted by atomic mass is 10.2. The first-order valence-corrected chi connectivity index (χ1v) is 7.70. The first-order chi connectivity index (χ1) is 10.2. The van der Waals surface area contributed by atoms with Gasteiger partial charge in [0.15, 0.2) is 5.13 Å². The van der Waals surface area contributed by atoms with Gasteiger partial charge in [-0.2, -0.15) is 4.98 Å². The largest absolute Gasteiger partial charge is 0.493 e. The zero-order valence-electron chi connectivity index (χ0n) is 12.3. The molecule has 0 aliphatic rings. The fourth-order valence-electron chi connectivity index (χ4n) is 1.55. The smallest absolute Gasteiger partial charge is 0.412 e. The second kappa shape index (κ2) is 6.41. The Kier molecular flexibility index (Phi) is 4.77. The number of hydrogen-bond acceptors (Lipinski definition) is 6. The lowest BCUT2D eigenvalue weighted by Gasteiger charge is -2.19. The number of thiazole rings is 1. The van der Waals surface area contributed by atoms with Gasteiger partial charge < -0.3 is 15.2 Å². The maximum atomic E-state index is 11.7. The summed E-state index contributed by atoms with van der Waals surface area (Å²) in [5.74, 6) is -0.0492. The number of ether oxygens (including phenoxy) is 1. The van der Waals surface area contributed by atoms with Crippen LogP contribution in [0.3, 0.4) is 0 Å². The lowest BCUT2D eigenvalue weighted by molar-refractivity contribution is 0.0636. The summed E-state index contributed by atoms with van der Waals surface area (Å²) in [4.78, 5) is 15.6. The molecular formula is C14H16ClN3O3S. The van der Waals surface area contributed by atoms with Crippen molar-refractivity contribution >= 4 is 45.5 Å². The van der Waals surface area contributed by atoms with Crippen LogP contribution >= 0.6 is 22.9 Å². The molecule has 2 aromatic rings. The second-order valence-corrected chi connectivity index (χ2v) is 6.72. The van der Waals surface area contributed by atoms with E-state index in [2.05, 4.69) is 15.6 Å². The van der Waals surface area contributed by atoms with Crippen LogP contribution in [0.15, 0.2) is 23.6 Å². The number of aromatic nitrogens is 1. The van der Waals surface area contributed by atoms with Crippen LogP contribution in [0.2, 0.25) is 5.02 Å². The summed E-state index contributed by atoms with van der Waals surface area (Å²) in [6, 6.07) is 4.99. The van der Waals surface area contributed by atoms with Crippen molar-refractivity contribution in [2.75, 3.05) is 10.6 Å². The highest BCUT2D eigenvalue weighted by Gasteiger charge is 2.16. The van der Waals surface area contributed by atoms with Crippen LogP contribution in [0.4, 0.5) is 21.3 Å². The number of nitrogens with zero attached hydrogens (tertiary/aromatic N) is 1. The number of anilines is 3. The number of carbonyl (C=O) groups is 1. The summed E-state index contributed by atoms with van der Waals surface area (Å²) in [5.41, 5.74) is 0.569. The molecule has 6 nitrogen and oxygen atoms in total. The van der Waals surface area contributed by atoms with Gasteiger partial charge in [-0.1, -0.05) is 11.6 Å². The number of carbonyl (C=O) groups excluding carboxylic acids is 1. The highest BCUT2D eigenvalue weighted by molar-refractivity contribution is 7.14. The third-order valence-electron chi connectivity index (χ3n) is 2.35. The van der Waals surface area contributed by atoms with Crippen molar-refractivity contribution in [2.24, 2.45) is 0 Å². The Morgan fingerprint density at radius 3 is 2.68 bits per heavy atom. The van der Waals surface area contributed by atoms with Gasteiger partial charge in [0.05, 0.1) is 16.1 Å². The molecule has 1 amide bonds. The Morgan fingerprint density at radius 2 is 2.14 bits per heavy atom. The number of rotatable bonds is 3. The van der Waals surface area contributed by atoms with Crippen LogP contribution in [0.25, 0.3) is 0 Å². The number of nitrogens with one attached hydrogen (secondary N) is 2. The standard InChI is InChI=1S/C14H16ClN3O3S/c1-14(2,3)21-13(20)16-8-4-5-10(9(15)6-8)17-12-18-11(19)7-22-12/h4-7,19H,1-3H3,(H,16,20)(H,17,18). The molecule has 0 aliphatic carbocycles. The van der Waals surface area contributed by atoms with Crippen LogP contribution < -0.4 is 10.6 Å². The highest BCUT2D eigenvalue weighted by atomic mass is 35.5. The summed E-state index contributed by atoms with van der Waals surface area (Å²) >= 11 is 7.42. The predicted octanol–water partition coefficient (Wildman–Crippen LogP) is 4.59. The molecule has 22 heavy (non-hydrogen) atoms. The Hall–Kier alpha value is -1.99. The zero-order valence-corrected chi connectivity index (χ0v) is 13.9. The minimum absolute atomic E-state index is 0.0492. The van der Waals surface area contributed by atoms with Gasteiger partial charge in [0.25, 0.3) is 0 Å². The highest BCUT2D eigenvalue weighted by Crippen LogP contribution is 2.30. The van der Waals surface area contributed by atoms with Crippen molar-refractivity contribution in [3.05, 3.63) is 28.6 Å².